The Morgan fingerprint density at radius 3 is 2.70 bits per heavy atom. The van der Waals surface area contributed by atoms with Gasteiger partial charge in [0.05, 0.1) is 5.56 Å². The first-order chi connectivity index (χ1) is 9.31. The Kier molecular flexibility index (Phi) is 5.75. The minimum Gasteiger partial charge on any atom is -0.468 e. The smallest absolute Gasteiger partial charge is 0.422 e. The number of aromatic nitrogens is 1. The van der Waals surface area contributed by atoms with Crippen LogP contribution in [0.1, 0.15) is 17.3 Å². The van der Waals surface area contributed by atoms with E-state index in [9.17, 15) is 18.0 Å². The second-order valence-corrected chi connectivity index (χ2v) is 4.34. The number of nitrogens with one attached hydrogen (secondary N) is 1. The Bertz CT molecular complexity index is 435. The van der Waals surface area contributed by atoms with Crippen LogP contribution in [-0.4, -0.2) is 36.8 Å². The Balaban J connectivity index is 2.51. The van der Waals surface area contributed by atoms with Crippen LogP contribution in [0.15, 0.2) is 18.3 Å². The number of hydrogen-bond acceptors (Lipinski definition) is 4. The summed E-state index contributed by atoms with van der Waals surface area (Å²) in [5.74, 6) is -0.407. The Morgan fingerprint density at radius 1 is 1.50 bits per heavy atom. The van der Waals surface area contributed by atoms with E-state index in [1.54, 1.807) is 0 Å². The molecule has 0 saturated carbocycles. The van der Waals surface area contributed by atoms with E-state index in [0.717, 1.165) is 6.20 Å². The van der Waals surface area contributed by atoms with Crippen LogP contribution in [0.25, 0.3) is 0 Å². The van der Waals surface area contributed by atoms with Crippen LogP contribution in [0.2, 0.25) is 0 Å². The summed E-state index contributed by atoms with van der Waals surface area (Å²) in [6.45, 7) is 1.33. The highest BCUT2D eigenvalue weighted by molar-refractivity contribution is 5.93. The summed E-state index contributed by atoms with van der Waals surface area (Å²) in [6.07, 6.45) is -3.26. The molecule has 0 radical (unpaired) electrons. The number of pyridine rings is 1. The number of nitrogens with zero attached hydrogens (tertiary/aromatic N) is 1. The summed E-state index contributed by atoms with van der Waals surface area (Å²) < 4.78 is 40.2. The van der Waals surface area contributed by atoms with Gasteiger partial charge in [0.15, 0.2) is 6.61 Å². The molecule has 20 heavy (non-hydrogen) atoms. The molecule has 8 heteroatoms. The van der Waals surface area contributed by atoms with Gasteiger partial charge in [0.1, 0.15) is 0 Å². The van der Waals surface area contributed by atoms with Gasteiger partial charge >= 0.3 is 6.18 Å². The standard InChI is InChI=1S/C12H16F3N3O2/c1-8(4-16)5-18-11(19)9-2-3-10(17-6-9)20-7-12(13,14)15/h2-3,6,8H,4-5,7,16H2,1H3,(H,18,19). The monoisotopic (exact) mass is 291 g/mol. The van der Waals surface area contributed by atoms with Gasteiger partial charge in [0.25, 0.3) is 5.91 Å². The number of carbonyl (C=O) groups excluding carboxylic acids is 1. The average molecular weight is 291 g/mol. The van der Waals surface area contributed by atoms with Crippen molar-refractivity contribution in [2.75, 3.05) is 19.7 Å². The van der Waals surface area contributed by atoms with Gasteiger partial charge in [-0.25, -0.2) is 4.98 Å². The lowest BCUT2D eigenvalue weighted by atomic mass is 10.2. The molecule has 1 aromatic rings. The first-order valence-corrected chi connectivity index (χ1v) is 5.95. The Morgan fingerprint density at radius 2 is 2.20 bits per heavy atom. The molecular formula is C12H16F3N3O2. The molecule has 3 N–H and O–H groups in total. The third-order valence-corrected chi connectivity index (χ3v) is 2.40. The van der Waals surface area contributed by atoms with Crippen molar-refractivity contribution in [2.24, 2.45) is 11.7 Å². The number of carbonyl (C=O) groups is 1. The zero-order chi connectivity index (χ0) is 15.2. The highest BCUT2D eigenvalue weighted by Gasteiger charge is 2.28. The van der Waals surface area contributed by atoms with Crippen molar-refractivity contribution in [1.82, 2.24) is 10.3 Å². The summed E-state index contributed by atoms with van der Waals surface area (Å²) in [5, 5.41) is 2.65. The summed E-state index contributed by atoms with van der Waals surface area (Å²) in [5.41, 5.74) is 5.66. The summed E-state index contributed by atoms with van der Waals surface area (Å²) in [6, 6.07) is 2.56. The molecule has 0 aliphatic heterocycles. The zero-order valence-electron chi connectivity index (χ0n) is 10.9. The first kappa shape index (κ1) is 16.2. The van der Waals surface area contributed by atoms with Gasteiger partial charge in [-0.2, -0.15) is 13.2 Å². The molecule has 0 spiro atoms. The SMILES string of the molecule is CC(CN)CNC(=O)c1ccc(OCC(F)(F)F)nc1. The van der Waals surface area contributed by atoms with Crippen molar-refractivity contribution >= 4 is 5.91 Å². The second-order valence-electron chi connectivity index (χ2n) is 4.34. The van der Waals surface area contributed by atoms with Crippen molar-refractivity contribution in [1.29, 1.82) is 0 Å². The fraction of sp³-hybridized carbons (Fsp3) is 0.500. The molecule has 1 aromatic heterocycles. The maximum absolute atomic E-state index is 11.9. The average Bonchev–Trinajstić information content (AvgIpc) is 2.41. The number of hydrogen-bond donors (Lipinski definition) is 2. The van der Waals surface area contributed by atoms with Crippen LogP contribution in [0, 0.1) is 5.92 Å². The van der Waals surface area contributed by atoms with Gasteiger partial charge in [-0.05, 0) is 18.5 Å². The minimum atomic E-state index is -4.42. The van der Waals surface area contributed by atoms with Crippen LogP contribution in [0.5, 0.6) is 5.88 Å². The fourth-order valence-corrected chi connectivity index (χ4v) is 1.21. The molecule has 0 bridgehead atoms. The lowest BCUT2D eigenvalue weighted by Gasteiger charge is -2.11. The van der Waals surface area contributed by atoms with E-state index in [4.69, 9.17) is 5.73 Å². The molecule has 1 heterocycles. The number of ether oxygens (including phenoxy) is 1. The van der Waals surface area contributed by atoms with Crippen molar-refractivity contribution < 1.29 is 22.7 Å². The molecule has 0 aliphatic rings. The first-order valence-electron chi connectivity index (χ1n) is 5.95. The number of halogens is 3. The molecule has 0 saturated heterocycles. The predicted molar refractivity (Wildman–Crippen MR) is 66.3 cm³/mol. The molecule has 1 rings (SSSR count). The van der Waals surface area contributed by atoms with E-state index in [-0.39, 0.29) is 23.3 Å². The summed E-state index contributed by atoms with van der Waals surface area (Å²) in [7, 11) is 0. The zero-order valence-corrected chi connectivity index (χ0v) is 10.9. The molecule has 1 amide bonds. The highest BCUT2D eigenvalue weighted by atomic mass is 19.4. The van der Waals surface area contributed by atoms with Crippen LogP contribution in [0.4, 0.5) is 13.2 Å². The summed E-state index contributed by atoms with van der Waals surface area (Å²) in [4.78, 5) is 15.3. The highest BCUT2D eigenvalue weighted by Crippen LogP contribution is 2.16. The number of nitrogens with two attached hydrogens (primary N) is 1. The van der Waals surface area contributed by atoms with Crippen LogP contribution in [0.3, 0.4) is 0 Å². The van der Waals surface area contributed by atoms with Crippen LogP contribution in [-0.2, 0) is 0 Å². The van der Waals surface area contributed by atoms with Gasteiger partial charge < -0.3 is 15.8 Å². The quantitative estimate of drug-likeness (QED) is 0.829. The van der Waals surface area contributed by atoms with E-state index in [1.165, 1.54) is 12.1 Å². The van der Waals surface area contributed by atoms with Crippen molar-refractivity contribution in [3.8, 4) is 5.88 Å². The van der Waals surface area contributed by atoms with Crippen molar-refractivity contribution in [3.05, 3.63) is 23.9 Å². The van der Waals surface area contributed by atoms with E-state index in [2.05, 4.69) is 15.0 Å². The number of amides is 1. The number of alkyl halides is 3. The topological polar surface area (TPSA) is 77.2 Å². The largest absolute Gasteiger partial charge is 0.468 e. The maximum atomic E-state index is 11.9. The summed E-state index contributed by atoms with van der Waals surface area (Å²) >= 11 is 0. The van der Waals surface area contributed by atoms with Gasteiger partial charge in [-0.3, -0.25) is 4.79 Å². The van der Waals surface area contributed by atoms with E-state index in [1.807, 2.05) is 6.92 Å². The lowest BCUT2D eigenvalue weighted by Crippen LogP contribution is -2.31. The van der Waals surface area contributed by atoms with Gasteiger partial charge in [0.2, 0.25) is 5.88 Å². The molecule has 112 valence electrons. The Labute approximate surface area is 114 Å². The van der Waals surface area contributed by atoms with Gasteiger partial charge in [-0.15, -0.1) is 0 Å². The normalized spacial score (nSPS) is 12.8. The van der Waals surface area contributed by atoms with E-state index in [0.29, 0.717) is 13.1 Å². The second kappa shape index (κ2) is 7.09. The lowest BCUT2D eigenvalue weighted by molar-refractivity contribution is -0.154. The molecule has 0 aliphatic carbocycles. The third kappa shape index (κ3) is 5.87. The van der Waals surface area contributed by atoms with Crippen LogP contribution < -0.4 is 15.8 Å². The minimum absolute atomic E-state index is 0.140. The fourth-order valence-electron chi connectivity index (χ4n) is 1.21. The number of rotatable bonds is 6. The third-order valence-electron chi connectivity index (χ3n) is 2.40. The predicted octanol–water partition coefficient (Wildman–Crippen LogP) is 1.35. The Hall–Kier alpha value is -1.83. The van der Waals surface area contributed by atoms with E-state index >= 15 is 0 Å². The van der Waals surface area contributed by atoms with Gasteiger partial charge in [-0.1, -0.05) is 6.92 Å². The molecule has 1 atom stereocenters. The van der Waals surface area contributed by atoms with E-state index < -0.39 is 12.8 Å². The van der Waals surface area contributed by atoms with Crippen molar-refractivity contribution in [2.45, 2.75) is 13.1 Å². The molecular weight excluding hydrogens is 275 g/mol. The maximum Gasteiger partial charge on any atom is 0.422 e. The molecule has 0 fully saturated rings. The molecule has 5 nitrogen and oxygen atoms in total. The van der Waals surface area contributed by atoms with Crippen molar-refractivity contribution in [3.63, 3.8) is 0 Å². The van der Waals surface area contributed by atoms with Gasteiger partial charge in [0, 0.05) is 18.8 Å². The molecule has 1 unspecified atom stereocenters. The molecule has 0 aromatic carbocycles. The van der Waals surface area contributed by atoms with Crippen LogP contribution >= 0.6 is 0 Å².